The molecule has 6 nitrogen and oxygen atoms in total. The van der Waals surface area contributed by atoms with Crippen molar-refractivity contribution in [2.24, 2.45) is 5.73 Å². The standard InChI is InChI=1S/C15H21N3O3/c16-15(21)13-8-12(19)9-18(13)10-14(20)17-7-6-11-4-2-1-3-5-11/h1-5,12-13,19H,6-10H2,(H2,16,21)(H,17,20). The van der Waals surface area contributed by atoms with Crippen molar-refractivity contribution in [3.63, 3.8) is 0 Å². The van der Waals surface area contributed by atoms with Crippen LogP contribution in [0.3, 0.4) is 0 Å². The topological polar surface area (TPSA) is 95.7 Å². The number of aliphatic hydroxyl groups is 1. The van der Waals surface area contributed by atoms with Gasteiger partial charge >= 0.3 is 0 Å². The molecule has 1 saturated heterocycles. The number of nitrogens with one attached hydrogen (secondary N) is 1. The number of rotatable bonds is 6. The second-order valence-electron chi connectivity index (χ2n) is 5.32. The largest absolute Gasteiger partial charge is 0.392 e. The second-order valence-corrected chi connectivity index (χ2v) is 5.32. The highest BCUT2D eigenvalue weighted by molar-refractivity contribution is 5.82. The summed E-state index contributed by atoms with van der Waals surface area (Å²) < 4.78 is 0. The minimum Gasteiger partial charge on any atom is -0.392 e. The molecule has 2 unspecified atom stereocenters. The van der Waals surface area contributed by atoms with Crippen molar-refractivity contribution in [3.8, 4) is 0 Å². The molecule has 6 heteroatoms. The zero-order chi connectivity index (χ0) is 15.2. The van der Waals surface area contributed by atoms with Crippen LogP contribution in [0.1, 0.15) is 12.0 Å². The lowest BCUT2D eigenvalue weighted by Crippen LogP contribution is -2.45. The fourth-order valence-electron chi connectivity index (χ4n) is 2.58. The van der Waals surface area contributed by atoms with Crippen LogP contribution in [-0.2, 0) is 16.0 Å². The predicted molar refractivity (Wildman–Crippen MR) is 78.3 cm³/mol. The summed E-state index contributed by atoms with van der Waals surface area (Å²) in [6.45, 7) is 0.930. The predicted octanol–water partition coefficient (Wildman–Crippen LogP) is -0.734. The molecular formula is C15H21N3O3. The molecule has 1 aromatic rings. The number of hydrogen-bond donors (Lipinski definition) is 3. The van der Waals surface area contributed by atoms with Crippen LogP contribution in [0.15, 0.2) is 30.3 Å². The number of hydrogen-bond acceptors (Lipinski definition) is 4. The number of nitrogens with two attached hydrogens (primary N) is 1. The van der Waals surface area contributed by atoms with Gasteiger partial charge in [-0.25, -0.2) is 0 Å². The van der Waals surface area contributed by atoms with Gasteiger partial charge in [0, 0.05) is 13.1 Å². The van der Waals surface area contributed by atoms with E-state index in [9.17, 15) is 14.7 Å². The number of carbonyl (C=O) groups is 2. The molecule has 0 aliphatic carbocycles. The molecule has 1 aliphatic rings. The Bertz CT molecular complexity index is 492. The number of β-amino-alcohol motifs (C(OH)–C–C–N with tert-alkyl or cyclic N) is 1. The number of likely N-dealkylation sites (tertiary alicyclic amines) is 1. The lowest BCUT2D eigenvalue weighted by molar-refractivity contribution is -0.125. The Hall–Kier alpha value is -1.92. The van der Waals surface area contributed by atoms with Crippen LogP contribution in [0, 0.1) is 0 Å². The molecule has 21 heavy (non-hydrogen) atoms. The first kappa shape index (κ1) is 15.5. The van der Waals surface area contributed by atoms with E-state index in [1.165, 1.54) is 0 Å². The van der Waals surface area contributed by atoms with E-state index in [1.54, 1.807) is 4.90 Å². The van der Waals surface area contributed by atoms with Gasteiger partial charge in [0.15, 0.2) is 0 Å². The summed E-state index contributed by atoms with van der Waals surface area (Å²) in [5.74, 6) is -0.657. The first-order valence-corrected chi connectivity index (χ1v) is 7.08. The van der Waals surface area contributed by atoms with Gasteiger partial charge in [-0.05, 0) is 18.4 Å². The number of primary amides is 1. The SMILES string of the molecule is NC(=O)C1CC(O)CN1CC(=O)NCCc1ccccc1. The Morgan fingerprint density at radius 2 is 2.05 bits per heavy atom. The molecule has 1 aromatic carbocycles. The van der Waals surface area contributed by atoms with Crippen LogP contribution in [0.4, 0.5) is 0 Å². The van der Waals surface area contributed by atoms with Crippen molar-refractivity contribution >= 4 is 11.8 Å². The van der Waals surface area contributed by atoms with E-state index in [0.29, 0.717) is 19.5 Å². The van der Waals surface area contributed by atoms with Crippen LogP contribution in [0.5, 0.6) is 0 Å². The van der Waals surface area contributed by atoms with E-state index in [1.807, 2.05) is 30.3 Å². The Kier molecular flexibility index (Phi) is 5.30. The summed E-state index contributed by atoms with van der Waals surface area (Å²) in [5, 5.41) is 12.4. The van der Waals surface area contributed by atoms with E-state index < -0.39 is 18.1 Å². The summed E-state index contributed by atoms with van der Waals surface area (Å²) in [5.41, 5.74) is 6.44. The summed E-state index contributed by atoms with van der Waals surface area (Å²) in [6.07, 6.45) is 0.459. The molecule has 0 saturated carbocycles. The molecule has 0 bridgehead atoms. The molecule has 0 radical (unpaired) electrons. The number of carbonyl (C=O) groups excluding carboxylic acids is 2. The fraction of sp³-hybridized carbons (Fsp3) is 0.467. The van der Waals surface area contributed by atoms with Crippen LogP contribution in [-0.4, -0.2) is 53.6 Å². The van der Waals surface area contributed by atoms with Gasteiger partial charge in [-0.1, -0.05) is 30.3 Å². The highest BCUT2D eigenvalue weighted by atomic mass is 16.3. The molecule has 114 valence electrons. The first-order valence-electron chi connectivity index (χ1n) is 7.08. The van der Waals surface area contributed by atoms with Crippen molar-refractivity contribution < 1.29 is 14.7 Å². The van der Waals surface area contributed by atoms with Gasteiger partial charge in [-0.2, -0.15) is 0 Å². The highest BCUT2D eigenvalue weighted by Gasteiger charge is 2.35. The molecule has 0 spiro atoms. The third-order valence-electron chi connectivity index (χ3n) is 3.64. The average Bonchev–Trinajstić information content (AvgIpc) is 2.81. The number of benzene rings is 1. The van der Waals surface area contributed by atoms with Gasteiger partial charge in [0.25, 0.3) is 0 Å². The Labute approximate surface area is 123 Å². The molecule has 0 aromatic heterocycles. The lowest BCUT2D eigenvalue weighted by Gasteiger charge is -2.20. The summed E-state index contributed by atoms with van der Waals surface area (Å²) >= 11 is 0. The molecule has 2 amide bonds. The fourth-order valence-corrected chi connectivity index (χ4v) is 2.58. The van der Waals surface area contributed by atoms with Crippen molar-refractivity contribution in [2.45, 2.75) is 25.0 Å². The molecule has 4 N–H and O–H groups in total. The minimum absolute atomic E-state index is 0.0828. The van der Waals surface area contributed by atoms with Gasteiger partial charge < -0.3 is 16.2 Å². The Morgan fingerprint density at radius 1 is 1.33 bits per heavy atom. The van der Waals surface area contributed by atoms with E-state index in [0.717, 1.165) is 12.0 Å². The zero-order valence-corrected chi connectivity index (χ0v) is 11.9. The maximum absolute atomic E-state index is 11.9. The van der Waals surface area contributed by atoms with Gasteiger partial charge in [0.05, 0.1) is 18.7 Å². The van der Waals surface area contributed by atoms with Gasteiger partial charge in [0.2, 0.25) is 11.8 Å². The third-order valence-corrected chi connectivity index (χ3v) is 3.64. The van der Waals surface area contributed by atoms with Gasteiger partial charge in [-0.3, -0.25) is 14.5 Å². The first-order chi connectivity index (χ1) is 10.1. The number of nitrogens with zero attached hydrogens (tertiary/aromatic N) is 1. The van der Waals surface area contributed by atoms with Crippen LogP contribution < -0.4 is 11.1 Å². The van der Waals surface area contributed by atoms with E-state index in [4.69, 9.17) is 5.73 Å². The quantitative estimate of drug-likeness (QED) is 0.643. The molecular weight excluding hydrogens is 270 g/mol. The minimum atomic E-state index is -0.598. The van der Waals surface area contributed by atoms with E-state index in [2.05, 4.69) is 5.32 Å². The molecule has 1 aliphatic heterocycles. The van der Waals surface area contributed by atoms with E-state index in [-0.39, 0.29) is 12.5 Å². The Balaban J connectivity index is 1.75. The van der Waals surface area contributed by atoms with Gasteiger partial charge in [-0.15, -0.1) is 0 Å². The summed E-state index contributed by atoms with van der Waals surface area (Å²) in [4.78, 5) is 24.8. The van der Waals surface area contributed by atoms with Crippen molar-refractivity contribution in [2.75, 3.05) is 19.6 Å². The van der Waals surface area contributed by atoms with Crippen LogP contribution in [0.2, 0.25) is 0 Å². The summed E-state index contributed by atoms with van der Waals surface area (Å²) in [7, 11) is 0. The maximum Gasteiger partial charge on any atom is 0.234 e. The molecule has 2 rings (SSSR count). The van der Waals surface area contributed by atoms with Crippen molar-refractivity contribution in [1.82, 2.24) is 10.2 Å². The number of amides is 2. The molecule has 1 heterocycles. The van der Waals surface area contributed by atoms with Crippen molar-refractivity contribution in [1.29, 1.82) is 0 Å². The van der Waals surface area contributed by atoms with Crippen molar-refractivity contribution in [3.05, 3.63) is 35.9 Å². The van der Waals surface area contributed by atoms with Crippen LogP contribution >= 0.6 is 0 Å². The highest BCUT2D eigenvalue weighted by Crippen LogP contribution is 2.16. The smallest absolute Gasteiger partial charge is 0.234 e. The monoisotopic (exact) mass is 291 g/mol. The van der Waals surface area contributed by atoms with Crippen LogP contribution in [0.25, 0.3) is 0 Å². The Morgan fingerprint density at radius 3 is 2.71 bits per heavy atom. The molecule has 2 atom stereocenters. The molecule has 1 fully saturated rings. The third kappa shape index (κ3) is 4.54. The zero-order valence-electron chi connectivity index (χ0n) is 11.9. The van der Waals surface area contributed by atoms with E-state index >= 15 is 0 Å². The lowest BCUT2D eigenvalue weighted by atomic mass is 10.1. The normalized spacial score (nSPS) is 22.1. The summed E-state index contributed by atoms with van der Waals surface area (Å²) in [6, 6.07) is 9.32. The van der Waals surface area contributed by atoms with Gasteiger partial charge in [0.1, 0.15) is 0 Å². The second kappa shape index (κ2) is 7.19. The number of aliphatic hydroxyl groups excluding tert-OH is 1. The average molecular weight is 291 g/mol. The maximum atomic E-state index is 11.9.